The predicted molar refractivity (Wildman–Crippen MR) is 239 cm³/mol. The summed E-state index contributed by atoms with van der Waals surface area (Å²) in [7, 11) is 3.26. The van der Waals surface area contributed by atoms with Gasteiger partial charge in [-0.15, -0.1) is 5.10 Å². The highest BCUT2D eigenvalue weighted by atomic mass is 16.5. The number of likely N-dealkylation sites (N-methyl/N-ethyl adjacent to an activating group) is 1. The summed E-state index contributed by atoms with van der Waals surface area (Å²) in [6.45, 7) is 17.2. The topological polar surface area (TPSA) is 186 Å². The van der Waals surface area contributed by atoms with Crippen LogP contribution in [0.25, 0.3) is 27.8 Å². The summed E-state index contributed by atoms with van der Waals surface area (Å²) in [5.74, 6) is -2.78. The van der Waals surface area contributed by atoms with Gasteiger partial charge in [-0.1, -0.05) is 39.5 Å². The number of fused-ring (bicyclic) bond motifs is 6. The van der Waals surface area contributed by atoms with Crippen molar-refractivity contribution in [2.24, 2.45) is 17.3 Å². The van der Waals surface area contributed by atoms with E-state index in [4.69, 9.17) is 14.5 Å². The van der Waals surface area contributed by atoms with Gasteiger partial charge >= 0.3 is 5.97 Å². The minimum absolute atomic E-state index is 0.0267. The molecule has 0 spiro atoms. The van der Waals surface area contributed by atoms with Crippen molar-refractivity contribution in [3.63, 3.8) is 0 Å². The lowest BCUT2D eigenvalue weighted by Crippen LogP contribution is -2.62. The molecule has 5 atom stereocenters. The lowest BCUT2D eigenvalue weighted by atomic mass is 9.84. The van der Waals surface area contributed by atoms with Crippen molar-refractivity contribution in [3.8, 4) is 16.9 Å². The molecule has 2 fully saturated rings. The van der Waals surface area contributed by atoms with Crippen LogP contribution in [0.15, 0.2) is 55.4 Å². The first-order valence-corrected chi connectivity index (χ1v) is 22.3. The zero-order valence-corrected chi connectivity index (χ0v) is 38.3. The summed E-state index contributed by atoms with van der Waals surface area (Å²) in [6, 6.07) is 7.26. The third kappa shape index (κ3) is 9.32. The standard InChI is InChI=1S/C47H62N10O7/c1-10-39(58)54-21-18-30(25-54)44(60)53(8)41(28(3)4)43(59)49-37-22-31-26-57(52-50-31)32-16-17-38-34(23-32)35(42(55(38)11-2)33-14-12-19-48-40(33)29(5)63-9)24-47(6,7)27-64-46(62)36-15-13-20-56(51-36)45(37)61/h10,12,14,16-17,19,23,26,28-30,36-37,41,51H,1,11,13,15,18,20-22,24-25,27H2,2-9H3,(H,49,59)/t29-,30-,36-,37-,41?/m0/s1. The second kappa shape index (κ2) is 19.0. The Kier molecular flexibility index (Phi) is 13.7. The Morgan fingerprint density at radius 3 is 2.64 bits per heavy atom. The number of likely N-dealkylation sites (tertiary alicyclic amines) is 1. The Bertz CT molecular complexity index is 2420. The molecule has 0 saturated carbocycles. The maximum Gasteiger partial charge on any atom is 0.324 e. The highest BCUT2D eigenvalue weighted by Crippen LogP contribution is 2.41. The minimum atomic E-state index is -1.15. The van der Waals surface area contributed by atoms with E-state index in [-0.39, 0.29) is 43.4 Å². The first kappa shape index (κ1) is 46.1. The molecule has 17 heteroatoms. The summed E-state index contributed by atoms with van der Waals surface area (Å²) in [4.78, 5) is 76.7. The van der Waals surface area contributed by atoms with E-state index < -0.39 is 47.2 Å². The summed E-state index contributed by atoms with van der Waals surface area (Å²) in [6.07, 6.45) is 6.45. The molecule has 0 radical (unpaired) electrons. The molecule has 4 aromatic rings. The molecule has 3 aromatic heterocycles. The van der Waals surface area contributed by atoms with Crippen LogP contribution in [0.2, 0.25) is 0 Å². The molecule has 1 unspecified atom stereocenters. The zero-order chi connectivity index (χ0) is 46.0. The third-order valence-corrected chi connectivity index (χ3v) is 12.8. The van der Waals surface area contributed by atoms with E-state index in [1.807, 2.05) is 32.9 Å². The van der Waals surface area contributed by atoms with E-state index in [0.29, 0.717) is 51.0 Å². The van der Waals surface area contributed by atoms with Gasteiger partial charge in [0.15, 0.2) is 0 Å². The molecule has 2 saturated heterocycles. The monoisotopic (exact) mass is 878 g/mol. The average molecular weight is 879 g/mol. The maximum atomic E-state index is 14.6. The van der Waals surface area contributed by atoms with Crippen LogP contribution in [0.4, 0.5) is 0 Å². The van der Waals surface area contributed by atoms with Crippen molar-refractivity contribution in [3.05, 3.63) is 72.3 Å². The summed E-state index contributed by atoms with van der Waals surface area (Å²) in [5, 5.41) is 14.4. The first-order chi connectivity index (χ1) is 30.5. The van der Waals surface area contributed by atoms with E-state index in [2.05, 4.69) is 71.2 Å². The second-order valence-electron chi connectivity index (χ2n) is 18.4. The van der Waals surface area contributed by atoms with Crippen LogP contribution < -0.4 is 10.7 Å². The number of carbonyl (C=O) groups excluding carboxylic acids is 5. The van der Waals surface area contributed by atoms with E-state index in [9.17, 15) is 24.0 Å². The number of cyclic esters (lactones) is 1. The van der Waals surface area contributed by atoms with Gasteiger partial charge in [-0.05, 0) is 87.4 Å². The molecule has 17 nitrogen and oxygen atoms in total. The molecule has 64 heavy (non-hydrogen) atoms. The van der Waals surface area contributed by atoms with Gasteiger partial charge in [0.1, 0.15) is 18.1 Å². The van der Waals surface area contributed by atoms with E-state index in [1.165, 1.54) is 16.0 Å². The van der Waals surface area contributed by atoms with Crippen LogP contribution in [0.3, 0.4) is 0 Å². The number of nitrogens with one attached hydrogen (secondary N) is 2. The van der Waals surface area contributed by atoms with Crippen molar-refractivity contribution >= 4 is 40.5 Å². The minimum Gasteiger partial charge on any atom is -0.464 e. The summed E-state index contributed by atoms with van der Waals surface area (Å²) < 4.78 is 15.8. The zero-order valence-electron chi connectivity index (χ0n) is 38.3. The first-order valence-electron chi connectivity index (χ1n) is 22.3. The fraction of sp³-hybridized carbons (Fsp3) is 0.532. The Morgan fingerprint density at radius 1 is 1.14 bits per heavy atom. The van der Waals surface area contributed by atoms with Gasteiger partial charge in [-0.25, -0.2) is 10.1 Å². The normalized spacial score (nSPS) is 21.3. The molecule has 7 rings (SSSR count). The van der Waals surface area contributed by atoms with Crippen molar-refractivity contribution in [1.29, 1.82) is 0 Å². The fourth-order valence-electron chi connectivity index (χ4n) is 9.45. The van der Waals surface area contributed by atoms with Crippen LogP contribution >= 0.6 is 0 Å². The molecule has 3 aliphatic heterocycles. The van der Waals surface area contributed by atoms with Gasteiger partial charge in [-0.2, -0.15) is 0 Å². The Morgan fingerprint density at radius 2 is 1.92 bits per heavy atom. The maximum absolute atomic E-state index is 14.6. The number of esters is 1. The molecule has 1 aromatic carbocycles. The lowest BCUT2D eigenvalue weighted by molar-refractivity contribution is -0.155. The number of hydrogen-bond donors (Lipinski definition) is 2. The molecule has 0 aliphatic carbocycles. The van der Waals surface area contributed by atoms with Crippen molar-refractivity contribution in [2.45, 2.75) is 104 Å². The van der Waals surface area contributed by atoms with Gasteiger partial charge < -0.3 is 29.2 Å². The molecular formula is C47H62N10O7. The van der Waals surface area contributed by atoms with E-state index in [0.717, 1.165) is 39.1 Å². The number of rotatable bonds is 10. The second-order valence-corrected chi connectivity index (χ2v) is 18.4. The number of amides is 4. The Hall–Kier alpha value is -5.94. The van der Waals surface area contributed by atoms with E-state index >= 15 is 0 Å². The fourth-order valence-corrected chi connectivity index (χ4v) is 9.45. The van der Waals surface area contributed by atoms with Crippen molar-refractivity contribution in [1.82, 2.24) is 50.1 Å². The van der Waals surface area contributed by atoms with Gasteiger partial charge in [0.25, 0.3) is 5.91 Å². The molecule has 3 aliphatic rings. The molecule has 342 valence electrons. The lowest BCUT2D eigenvalue weighted by Gasteiger charge is -2.36. The molecular weight excluding hydrogens is 817 g/mol. The number of aromatic nitrogens is 5. The number of hydrazine groups is 1. The smallest absolute Gasteiger partial charge is 0.324 e. The highest BCUT2D eigenvalue weighted by Gasteiger charge is 2.40. The number of methoxy groups -OCH3 is 1. The number of carbonyl (C=O) groups is 5. The Balaban J connectivity index is 1.27. The molecule has 4 amide bonds. The van der Waals surface area contributed by atoms with Crippen LogP contribution in [-0.4, -0.2) is 127 Å². The molecule has 2 N–H and O–H groups in total. The summed E-state index contributed by atoms with van der Waals surface area (Å²) in [5.41, 5.74) is 8.61. The number of ether oxygens (including phenoxy) is 2. The highest BCUT2D eigenvalue weighted by molar-refractivity contribution is 5.95. The van der Waals surface area contributed by atoms with Gasteiger partial charge in [0, 0.05) is 74.8 Å². The Labute approximate surface area is 374 Å². The van der Waals surface area contributed by atoms with Crippen LogP contribution in [0.1, 0.15) is 83.9 Å². The van der Waals surface area contributed by atoms with Gasteiger partial charge in [0.05, 0.1) is 47.6 Å². The van der Waals surface area contributed by atoms with Gasteiger partial charge in [-0.3, -0.25) is 34.0 Å². The quantitative estimate of drug-likeness (QED) is 0.172. The third-order valence-electron chi connectivity index (χ3n) is 12.8. The number of nitrogens with zero attached hydrogens (tertiary/aromatic N) is 8. The molecule has 6 bridgehead atoms. The van der Waals surface area contributed by atoms with Crippen LogP contribution in [-0.2, 0) is 52.8 Å². The molecule has 6 heterocycles. The SMILES string of the molecule is C=CC(=O)N1CC[C@H](C(=O)N(C)C(C(=O)N[C@H]2Cc3cn(nn3)-c3ccc4c(c3)c(c(-c3cccnc3[C@H](C)OC)n4CC)CC(C)(C)COC(=O)[C@@H]3CCCN(N3)C2=O)C(C)C)C1. The number of benzene rings is 1. The largest absolute Gasteiger partial charge is 0.464 e. The summed E-state index contributed by atoms with van der Waals surface area (Å²) >= 11 is 0. The van der Waals surface area contributed by atoms with Crippen molar-refractivity contribution < 1.29 is 33.4 Å². The van der Waals surface area contributed by atoms with Crippen LogP contribution in [0.5, 0.6) is 0 Å². The van der Waals surface area contributed by atoms with Crippen LogP contribution in [0, 0.1) is 17.3 Å². The predicted octanol–water partition coefficient (Wildman–Crippen LogP) is 4.18. The van der Waals surface area contributed by atoms with Crippen molar-refractivity contribution in [2.75, 3.05) is 40.4 Å². The van der Waals surface area contributed by atoms with Gasteiger partial charge in [0.2, 0.25) is 17.7 Å². The average Bonchev–Trinajstić information content (AvgIpc) is 4.05. The van der Waals surface area contributed by atoms with E-state index in [1.54, 1.807) is 36.1 Å². The number of aryl methyl sites for hydroxylation is 1. The number of hydrogen-bond acceptors (Lipinski definition) is 11. The number of pyridine rings is 1.